The SMILES string of the molecule is O=C(CSc1nnc(-c2cccs2)n1C1CC1)Nc1ccc(CN2CCOCC2)cc1. The Morgan fingerprint density at radius 3 is 2.68 bits per heavy atom. The third-order valence-corrected chi connectivity index (χ3v) is 7.21. The van der Waals surface area contributed by atoms with Gasteiger partial charge in [0.1, 0.15) is 0 Å². The molecule has 1 aliphatic carbocycles. The third kappa shape index (κ3) is 5.17. The second-order valence-corrected chi connectivity index (χ2v) is 9.70. The monoisotopic (exact) mass is 455 g/mol. The van der Waals surface area contributed by atoms with E-state index in [-0.39, 0.29) is 5.91 Å². The van der Waals surface area contributed by atoms with Crippen LogP contribution < -0.4 is 5.32 Å². The smallest absolute Gasteiger partial charge is 0.234 e. The maximum atomic E-state index is 12.5. The first-order chi connectivity index (χ1) is 15.3. The summed E-state index contributed by atoms with van der Waals surface area (Å²) in [4.78, 5) is 16.0. The Balaban J connectivity index is 1.16. The minimum atomic E-state index is -0.0334. The lowest BCUT2D eigenvalue weighted by molar-refractivity contribution is -0.113. The van der Waals surface area contributed by atoms with Gasteiger partial charge in [0.25, 0.3) is 0 Å². The van der Waals surface area contributed by atoms with Crippen LogP contribution in [0.15, 0.2) is 46.9 Å². The normalized spacial score (nSPS) is 17.0. The van der Waals surface area contributed by atoms with Crippen molar-refractivity contribution < 1.29 is 9.53 Å². The molecule has 9 heteroatoms. The minimum Gasteiger partial charge on any atom is -0.379 e. The molecule has 1 N–H and O–H groups in total. The molecule has 2 aliphatic rings. The maximum absolute atomic E-state index is 12.5. The number of ether oxygens (including phenoxy) is 1. The summed E-state index contributed by atoms with van der Waals surface area (Å²) in [5.41, 5.74) is 2.06. The van der Waals surface area contributed by atoms with E-state index < -0.39 is 0 Å². The number of rotatable bonds is 8. The van der Waals surface area contributed by atoms with Gasteiger partial charge in [0.15, 0.2) is 11.0 Å². The lowest BCUT2D eigenvalue weighted by Gasteiger charge is -2.26. The van der Waals surface area contributed by atoms with E-state index in [0.29, 0.717) is 11.8 Å². The molecule has 5 rings (SSSR count). The molecular weight excluding hydrogens is 430 g/mol. The highest BCUT2D eigenvalue weighted by Crippen LogP contribution is 2.41. The molecule has 1 aliphatic heterocycles. The van der Waals surface area contributed by atoms with E-state index in [9.17, 15) is 4.79 Å². The number of hydrogen-bond donors (Lipinski definition) is 1. The predicted molar refractivity (Wildman–Crippen MR) is 123 cm³/mol. The topological polar surface area (TPSA) is 72.3 Å². The van der Waals surface area contributed by atoms with Gasteiger partial charge in [-0.1, -0.05) is 30.0 Å². The van der Waals surface area contributed by atoms with E-state index in [1.807, 2.05) is 23.6 Å². The Morgan fingerprint density at radius 2 is 1.97 bits per heavy atom. The standard InChI is InChI=1S/C22H25N5O2S2/c28-20(23-17-5-3-16(4-6-17)14-26-9-11-29-12-10-26)15-31-22-25-24-21(19-2-1-13-30-19)27(22)18-7-8-18/h1-6,13,18H,7-12,14-15H2,(H,23,28). The number of thiophene rings is 1. The van der Waals surface area contributed by atoms with Crippen molar-refractivity contribution in [3.8, 4) is 10.7 Å². The van der Waals surface area contributed by atoms with Crippen molar-refractivity contribution in [1.82, 2.24) is 19.7 Å². The number of benzene rings is 1. The van der Waals surface area contributed by atoms with Gasteiger partial charge in [-0.25, -0.2) is 0 Å². The molecule has 1 saturated heterocycles. The highest BCUT2D eigenvalue weighted by Gasteiger charge is 2.30. The molecule has 7 nitrogen and oxygen atoms in total. The van der Waals surface area contributed by atoms with Crippen LogP contribution in [0.2, 0.25) is 0 Å². The Kier molecular flexibility index (Phi) is 6.35. The molecule has 3 aromatic rings. The summed E-state index contributed by atoms with van der Waals surface area (Å²) in [5, 5.41) is 14.6. The fourth-order valence-corrected chi connectivity index (χ4v) is 5.16. The summed E-state index contributed by atoms with van der Waals surface area (Å²) in [5.74, 6) is 1.19. The molecule has 3 heterocycles. The maximum Gasteiger partial charge on any atom is 0.234 e. The van der Waals surface area contributed by atoms with Gasteiger partial charge in [0, 0.05) is 31.4 Å². The molecule has 1 amide bonds. The van der Waals surface area contributed by atoms with Crippen molar-refractivity contribution in [3.63, 3.8) is 0 Å². The number of hydrogen-bond acceptors (Lipinski definition) is 7. The number of nitrogens with one attached hydrogen (secondary N) is 1. The van der Waals surface area contributed by atoms with Crippen LogP contribution in [0.3, 0.4) is 0 Å². The summed E-state index contributed by atoms with van der Waals surface area (Å²) in [7, 11) is 0. The zero-order valence-electron chi connectivity index (χ0n) is 17.2. The van der Waals surface area contributed by atoms with Gasteiger partial charge in [-0.15, -0.1) is 21.5 Å². The van der Waals surface area contributed by atoms with Crippen molar-refractivity contribution in [2.45, 2.75) is 30.6 Å². The summed E-state index contributed by atoms with van der Waals surface area (Å²) >= 11 is 3.12. The molecule has 0 unspecified atom stereocenters. The summed E-state index contributed by atoms with van der Waals surface area (Å²) in [6, 6.07) is 12.6. The molecule has 0 bridgehead atoms. The second kappa shape index (κ2) is 9.52. The predicted octanol–water partition coefficient (Wildman–Crippen LogP) is 3.90. The summed E-state index contributed by atoms with van der Waals surface area (Å²) < 4.78 is 7.60. The molecule has 1 saturated carbocycles. The van der Waals surface area contributed by atoms with Crippen LogP contribution in [0.1, 0.15) is 24.4 Å². The Labute approximate surface area is 189 Å². The fraction of sp³-hybridized carbons (Fsp3) is 0.409. The van der Waals surface area contributed by atoms with Crippen LogP contribution in [-0.4, -0.2) is 57.6 Å². The first-order valence-electron chi connectivity index (χ1n) is 10.6. The van der Waals surface area contributed by atoms with Crippen LogP contribution in [-0.2, 0) is 16.1 Å². The van der Waals surface area contributed by atoms with Crippen LogP contribution in [0, 0.1) is 0 Å². The molecular formula is C22H25N5O2S2. The van der Waals surface area contributed by atoms with E-state index in [0.717, 1.165) is 67.2 Å². The number of thioether (sulfide) groups is 1. The number of carbonyl (C=O) groups excluding carboxylic acids is 1. The molecule has 0 atom stereocenters. The number of amides is 1. The van der Waals surface area contributed by atoms with E-state index >= 15 is 0 Å². The van der Waals surface area contributed by atoms with Gasteiger partial charge in [0.05, 0.1) is 23.8 Å². The van der Waals surface area contributed by atoms with Crippen LogP contribution in [0.5, 0.6) is 0 Å². The summed E-state index contributed by atoms with van der Waals surface area (Å²) in [6.45, 7) is 4.45. The van der Waals surface area contributed by atoms with Crippen LogP contribution in [0.4, 0.5) is 5.69 Å². The largest absolute Gasteiger partial charge is 0.379 e. The number of nitrogens with zero attached hydrogens (tertiary/aromatic N) is 4. The van der Waals surface area contributed by atoms with Gasteiger partial charge in [-0.05, 0) is 42.0 Å². The van der Waals surface area contributed by atoms with Crippen molar-refractivity contribution >= 4 is 34.7 Å². The number of carbonyl (C=O) groups is 1. The quantitative estimate of drug-likeness (QED) is 0.520. The van der Waals surface area contributed by atoms with Crippen molar-refractivity contribution in [1.29, 1.82) is 0 Å². The van der Waals surface area contributed by atoms with Gasteiger partial charge in [-0.2, -0.15) is 0 Å². The van der Waals surface area contributed by atoms with E-state index in [4.69, 9.17) is 4.74 Å². The molecule has 162 valence electrons. The highest BCUT2D eigenvalue weighted by atomic mass is 32.2. The first kappa shape index (κ1) is 20.7. The van der Waals surface area contributed by atoms with Crippen molar-refractivity contribution in [3.05, 3.63) is 47.3 Å². The second-order valence-electron chi connectivity index (χ2n) is 7.81. The van der Waals surface area contributed by atoms with Gasteiger partial charge < -0.3 is 10.1 Å². The molecule has 2 fully saturated rings. The Bertz CT molecular complexity index is 1010. The molecule has 0 spiro atoms. The zero-order valence-corrected chi connectivity index (χ0v) is 18.8. The zero-order chi connectivity index (χ0) is 21.0. The number of aromatic nitrogens is 3. The fourth-order valence-electron chi connectivity index (χ4n) is 3.65. The molecule has 1 aromatic carbocycles. The summed E-state index contributed by atoms with van der Waals surface area (Å²) in [6.07, 6.45) is 2.29. The Morgan fingerprint density at radius 1 is 1.16 bits per heavy atom. The van der Waals surface area contributed by atoms with Crippen molar-refractivity contribution in [2.24, 2.45) is 0 Å². The van der Waals surface area contributed by atoms with Crippen LogP contribution >= 0.6 is 23.1 Å². The average molecular weight is 456 g/mol. The first-order valence-corrected chi connectivity index (χ1v) is 12.4. The van der Waals surface area contributed by atoms with E-state index in [1.54, 1.807) is 11.3 Å². The van der Waals surface area contributed by atoms with Gasteiger partial charge in [0.2, 0.25) is 5.91 Å². The molecule has 2 aromatic heterocycles. The van der Waals surface area contributed by atoms with Gasteiger partial charge >= 0.3 is 0 Å². The lowest BCUT2D eigenvalue weighted by Crippen LogP contribution is -2.35. The minimum absolute atomic E-state index is 0.0334. The number of anilines is 1. The molecule has 0 radical (unpaired) electrons. The lowest BCUT2D eigenvalue weighted by atomic mass is 10.2. The molecule has 31 heavy (non-hydrogen) atoms. The van der Waals surface area contributed by atoms with E-state index in [2.05, 4.69) is 43.2 Å². The van der Waals surface area contributed by atoms with Gasteiger partial charge in [-0.3, -0.25) is 14.3 Å². The average Bonchev–Trinajstić information content (AvgIpc) is 3.31. The Hall–Kier alpha value is -2.20. The van der Waals surface area contributed by atoms with Crippen LogP contribution in [0.25, 0.3) is 10.7 Å². The van der Waals surface area contributed by atoms with E-state index in [1.165, 1.54) is 17.3 Å². The number of morpholine rings is 1. The third-order valence-electron chi connectivity index (χ3n) is 5.40. The van der Waals surface area contributed by atoms with Crippen molar-refractivity contribution in [2.75, 3.05) is 37.4 Å². The highest BCUT2D eigenvalue weighted by molar-refractivity contribution is 7.99.